The lowest BCUT2D eigenvalue weighted by molar-refractivity contribution is 0.223. The number of nitrogens with one attached hydrogen (secondary N) is 1. The topological polar surface area (TPSA) is 55.2 Å². The highest BCUT2D eigenvalue weighted by Gasteiger charge is 2.41. The van der Waals surface area contributed by atoms with Crippen LogP contribution in [0.4, 0.5) is 11.6 Å². The average Bonchev–Trinajstić information content (AvgIpc) is 3.31. The Balaban J connectivity index is 1.60. The summed E-state index contributed by atoms with van der Waals surface area (Å²) in [5, 5.41) is 9.20. The van der Waals surface area contributed by atoms with Crippen molar-refractivity contribution < 1.29 is 4.74 Å². The zero-order chi connectivity index (χ0) is 23.4. The normalized spacial score (nSPS) is 18.4. The molecule has 8 heteroatoms. The third kappa shape index (κ3) is 3.33. The van der Waals surface area contributed by atoms with Crippen LogP contribution < -0.4 is 15.0 Å². The van der Waals surface area contributed by atoms with Crippen LogP contribution in [0.3, 0.4) is 0 Å². The maximum atomic E-state index is 6.74. The first kappa shape index (κ1) is 21.1. The van der Waals surface area contributed by atoms with Gasteiger partial charge in [-0.3, -0.25) is 0 Å². The number of ether oxygens (including phenoxy) is 1. The van der Waals surface area contributed by atoms with E-state index in [0.29, 0.717) is 16.0 Å². The minimum absolute atomic E-state index is 0.328. The molecule has 0 bridgehead atoms. The number of para-hydroxylation sites is 1. The highest BCUT2D eigenvalue weighted by atomic mass is 35.5. The van der Waals surface area contributed by atoms with Crippen LogP contribution >= 0.6 is 23.2 Å². The summed E-state index contributed by atoms with van der Waals surface area (Å²) in [6.45, 7) is 0. The van der Waals surface area contributed by atoms with E-state index in [4.69, 9.17) is 27.9 Å². The zero-order valence-corrected chi connectivity index (χ0v) is 20.0. The molecule has 3 aromatic carbocycles. The molecule has 0 radical (unpaired) electrons. The summed E-state index contributed by atoms with van der Waals surface area (Å²) in [5.41, 5.74) is 5.98. The first-order chi connectivity index (χ1) is 16.5. The summed E-state index contributed by atoms with van der Waals surface area (Å²) >= 11 is 13.0. The largest absolute Gasteiger partial charge is 0.480 e. The summed E-state index contributed by atoms with van der Waals surface area (Å²) in [6.07, 6.45) is 1.19. The number of aromatic nitrogens is 3. The zero-order valence-electron chi connectivity index (χ0n) is 18.5. The lowest BCUT2D eigenvalue weighted by Crippen LogP contribution is -2.32. The monoisotopic (exact) mass is 489 g/mol. The van der Waals surface area contributed by atoms with Gasteiger partial charge in [-0.25, -0.2) is 4.68 Å². The number of benzene rings is 3. The number of nitrogens with zero attached hydrogens (tertiary/aromatic N) is 4. The van der Waals surface area contributed by atoms with E-state index < -0.39 is 0 Å². The van der Waals surface area contributed by atoms with Gasteiger partial charge in [0.1, 0.15) is 24.2 Å². The summed E-state index contributed by atoms with van der Waals surface area (Å²) in [7, 11) is 4.05. The minimum Gasteiger partial charge on any atom is -0.480 e. The molecule has 2 atom stereocenters. The summed E-state index contributed by atoms with van der Waals surface area (Å²) < 4.78 is 8.51. The van der Waals surface area contributed by atoms with Crippen LogP contribution in [-0.2, 0) is 0 Å². The Hall–Kier alpha value is -3.48. The molecule has 1 N–H and O–H groups in total. The Morgan fingerprint density at radius 1 is 1.00 bits per heavy atom. The molecule has 0 saturated heterocycles. The van der Waals surface area contributed by atoms with E-state index >= 15 is 0 Å². The fraction of sp³-hybridized carbons (Fsp3) is 0.154. The Morgan fingerprint density at radius 2 is 1.79 bits per heavy atom. The van der Waals surface area contributed by atoms with Crippen molar-refractivity contribution in [2.75, 3.05) is 24.3 Å². The van der Waals surface area contributed by atoms with E-state index in [1.54, 1.807) is 12.4 Å². The number of hydrogen-bond donors (Lipinski definition) is 1. The quantitative estimate of drug-likeness (QED) is 0.370. The second kappa shape index (κ2) is 8.08. The lowest BCUT2D eigenvalue weighted by Gasteiger charge is -2.39. The van der Waals surface area contributed by atoms with Crippen molar-refractivity contribution >= 4 is 40.5 Å². The molecule has 170 valence electrons. The maximum absolute atomic E-state index is 6.74. The fourth-order valence-corrected chi connectivity index (χ4v) is 5.17. The minimum atomic E-state index is -0.359. The van der Waals surface area contributed by atoms with Gasteiger partial charge in [0.15, 0.2) is 0 Å². The number of hydrogen-bond acceptors (Lipinski definition) is 5. The van der Waals surface area contributed by atoms with Crippen LogP contribution in [0.1, 0.15) is 28.8 Å². The molecular formula is C26H21Cl2N5O. The van der Waals surface area contributed by atoms with E-state index in [9.17, 15) is 0 Å². The Bertz CT molecular complexity index is 1430. The maximum Gasteiger partial charge on any atom is 0.226 e. The van der Waals surface area contributed by atoms with Crippen molar-refractivity contribution in [3.8, 4) is 5.75 Å². The third-order valence-electron chi connectivity index (χ3n) is 6.29. The van der Waals surface area contributed by atoms with E-state index in [-0.39, 0.29) is 12.1 Å². The molecule has 1 aromatic heterocycles. The SMILES string of the molecule is CN(C)c1ccc([C@H]2Oc3ccccc3C3=C2[C@@H](c2ccc(Cl)cc2Cl)n2ncnc2N3)cc1. The number of halogens is 2. The average molecular weight is 490 g/mol. The predicted octanol–water partition coefficient (Wildman–Crippen LogP) is 6.21. The molecule has 4 aromatic rings. The van der Waals surface area contributed by atoms with Gasteiger partial charge in [-0.2, -0.15) is 10.1 Å². The first-order valence-electron chi connectivity index (χ1n) is 10.9. The number of fused-ring (bicyclic) bond motifs is 3. The van der Waals surface area contributed by atoms with Gasteiger partial charge < -0.3 is 15.0 Å². The standard InChI is InChI=1S/C26H21Cl2N5O/c1-32(2)17-10-7-15(8-11-17)25-22-23(19-5-3-4-6-21(19)34-25)31-26-29-14-30-33(26)24(22)18-12-9-16(27)13-20(18)28/h3-14,24-25H,1-2H3,(H,29,30,31)/t24-,25-/m1/s1. The van der Waals surface area contributed by atoms with Gasteiger partial charge in [0, 0.05) is 41.0 Å². The van der Waals surface area contributed by atoms with Crippen LogP contribution in [0.25, 0.3) is 5.70 Å². The van der Waals surface area contributed by atoms with Crippen molar-refractivity contribution in [1.82, 2.24) is 14.8 Å². The molecule has 6 rings (SSSR count). The summed E-state index contributed by atoms with van der Waals surface area (Å²) in [5.74, 6) is 1.46. The molecule has 0 saturated carbocycles. The van der Waals surface area contributed by atoms with Gasteiger partial charge in [-0.05, 0) is 47.5 Å². The van der Waals surface area contributed by atoms with Crippen LogP contribution in [0.5, 0.6) is 5.75 Å². The lowest BCUT2D eigenvalue weighted by atomic mass is 9.84. The van der Waals surface area contributed by atoms with Gasteiger partial charge in [0.2, 0.25) is 5.95 Å². The Kier molecular flexibility index (Phi) is 5.01. The molecule has 34 heavy (non-hydrogen) atoms. The second-order valence-corrected chi connectivity index (χ2v) is 9.38. The molecule has 0 amide bonds. The van der Waals surface area contributed by atoms with Crippen LogP contribution in [-0.4, -0.2) is 28.9 Å². The summed E-state index contributed by atoms with van der Waals surface area (Å²) in [4.78, 5) is 6.54. The highest BCUT2D eigenvalue weighted by Crippen LogP contribution is 2.51. The van der Waals surface area contributed by atoms with Gasteiger partial charge >= 0.3 is 0 Å². The molecule has 6 nitrogen and oxygen atoms in total. The fourth-order valence-electron chi connectivity index (χ4n) is 4.66. The van der Waals surface area contributed by atoms with E-state index in [0.717, 1.165) is 39.4 Å². The second-order valence-electron chi connectivity index (χ2n) is 8.53. The molecule has 0 fully saturated rings. The Morgan fingerprint density at radius 3 is 2.56 bits per heavy atom. The number of anilines is 2. The van der Waals surface area contributed by atoms with Crippen molar-refractivity contribution in [1.29, 1.82) is 0 Å². The smallest absolute Gasteiger partial charge is 0.226 e. The molecule has 2 aliphatic rings. The van der Waals surface area contributed by atoms with Crippen molar-refractivity contribution in [3.05, 3.63) is 105 Å². The summed E-state index contributed by atoms with van der Waals surface area (Å²) in [6, 6.07) is 21.7. The first-order valence-corrected chi connectivity index (χ1v) is 11.7. The molecule has 0 aliphatic carbocycles. The van der Waals surface area contributed by atoms with E-state index in [1.807, 2.05) is 49.1 Å². The van der Waals surface area contributed by atoms with Crippen molar-refractivity contribution in [2.24, 2.45) is 0 Å². The predicted molar refractivity (Wildman–Crippen MR) is 136 cm³/mol. The number of rotatable bonds is 3. The molecule has 0 unspecified atom stereocenters. The van der Waals surface area contributed by atoms with Crippen LogP contribution in [0.15, 0.2) is 78.6 Å². The molecule has 0 spiro atoms. The van der Waals surface area contributed by atoms with Gasteiger partial charge in [0.05, 0.1) is 5.70 Å². The van der Waals surface area contributed by atoms with Crippen LogP contribution in [0, 0.1) is 0 Å². The van der Waals surface area contributed by atoms with Gasteiger partial charge in [-0.15, -0.1) is 0 Å². The van der Waals surface area contributed by atoms with Gasteiger partial charge in [-0.1, -0.05) is 53.5 Å². The van der Waals surface area contributed by atoms with E-state index in [2.05, 4.69) is 50.6 Å². The van der Waals surface area contributed by atoms with Crippen molar-refractivity contribution in [2.45, 2.75) is 12.1 Å². The van der Waals surface area contributed by atoms with E-state index in [1.165, 1.54) is 0 Å². The molecular weight excluding hydrogens is 469 g/mol. The van der Waals surface area contributed by atoms with Gasteiger partial charge in [0.25, 0.3) is 0 Å². The Labute approximate surface area is 207 Å². The van der Waals surface area contributed by atoms with Crippen molar-refractivity contribution in [3.63, 3.8) is 0 Å². The molecule has 3 heterocycles. The highest BCUT2D eigenvalue weighted by molar-refractivity contribution is 6.35. The van der Waals surface area contributed by atoms with Crippen LogP contribution in [0.2, 0.25) is 10.0 Å². The molecule has 2 aliphatic heterocycles. The third-order valence-corrected chi connectivity index (χ3v) is 6.85.